The minimum absolute atomic E-state index is 0.0164. The van der Waals surface area contributed by atoms with Gasteiger partial charge in [0.05, 0.1) is 5.56 Å². The van der Waals surface area contributed by atoms with E-state index in [1.807, 2.05) is 26.8 Å². The number of rotatable bonds is 3. The van der Waals surface area contributed by atoms with Crippen molar-refractivity contribution in [1.29, 1.82) is 0 Å². The number of carbonyl (C=O) groups excluding carboxylic acids is 1. The highest BCUT2D eigenvalue weighted by Crippen LogP contribution is 2.50. The fourth-order valence-electron chi connectivity index (χ4n) is 3.34. The first-order valence-electron chi connectivity index (χ1n) is 7.43. The maximum atomic E-state index is 11.8. The Balaban J connectivity index is 2.72. The summed E-state index contributed by atoms with van der Waals surface area (Å²) in [5.41, 5.74) is 0.0439. The van der Waals surface area contributed by atoms with E-state index in [1.54, 1.807) is 13.0 Å². The van der Waals surface area contributed by atoms with Gasteiger partial charge in [-0.1, -0.05) is 26.8 Å². The molecule has 4 nitrogen and oxygen atoms in total. The van der Waals surface area contributed by atoms with Gasteiger partial charge >= 0.3 is 5.97 Å². The zero-order valence-electron chi connectivity index (χ0n) is 13.4. The van der Waals surface area contributed by atoms with Gasteiger partial charge in [0.2, 0.25) is 0 Å². The molecular formula is C18H22O4. The molecule has 0 heterocycles. The quantitative estimate of drug-likeness (QED) is 0.899. The highest BCUT2D eigenvalue weighted by atomic mass is 16.4. The predicted molar refractivity (Wildman–Crippen MR) is 83.8 cm³/mol. The van der Waals surface area contributed by atoms with Crippen LogP contribution in [-0.2, 0) is 16.8 Å². The molecule has 1 aliphatic carbocycles. The molecule has 0 saturated carbocycles. The van der Waals surface area contributed by atoms with E-state index >= 15 is 0 Å². The monoisotopic (exact) mass is 302 g/mol. The zero-order chi connectivity index (χ0) is 16.7. The van der Waals surface area contributed by atoms with Gasteiger partial charge in [-0.05, 0) is 48.3 Å². The minimum Gasteiger partial charge on any atom is -0.478 e. The maximum Gasteiger partial charge on any atom is 0.335 e. The first kappa shape index (κ1) is 16.4. The normalized spacial score (nSPS) is 24.0. The predicted octanol–water partition coefficient (Wildman–Crippen LogP) is 3.08. The minimum atomic E-state index is -1.35. The lowest BCUT2D eigenvalue weighted by molar-refractivity contribution is -0.124. The first-order chi connectivity index (χ1) is 10.1. The lowest BCUT2D eigenvalue weighted by atomic mass is 9.61. The summed E-state index contributed by atoms with van der Waals surface area (Å²) in [7, 11) is 0. The van der Waals surface area contributed by atoms with E-state index in [9.17, 15) is 19.8 Å². The number of hydrogen-bond donors (Lipinski definition) is 2. The molecule has 0 aliphatic heterocycles. The van der Waals surface area contributed by atoms with Crippen LogP contribution in [0.25, 0.3) is 0 Å². The van der Waals surface area contributed by atoms with Crippen molar-refractivity contribution < 1.29 is 19.8 Å². The van der Waals surface area contributed by atoms with Crippen LogP contribution < -0.4 is 0 Å². The summed E-state index contributed by atoms with van der Waals surface area (Å²) in [6.45, 7) is 7.33. The van der Waals surface area contributed by atoms with E-state index in [-0.39, 0.29) is 17.8 Å². The average Bonchev–Trinajstić information content (AvgIpc) is 2.43. The molecule has 0 fully saturated rings. The fraction of sp³-hybridized carbons (Fsp3) is 0.444. The van der Waals surface area contributed by atoms with Crippen LogP contribution in [0.15, 0.2) is 29.8 Å². The van der Waals surface area contributed by atoms with Crippen LogP contribution in [0.3, 0.4) is 0 Å². The SMILES string of the molecule is CCc1cc(C(=O)O)cc(C2(O)C(C)=CC(=O)CC2(C)C)c1. The first-order valence-corrected chi connectivity index (χ1v) is 7.43. The Labute approximate surface area is 130 Å². The number of carbonyl (C=O) groups is 2. The summed E-state index contributed by atoms with van der Waals surface area (Å²) < 4.78 is 0. The Morgan fingerprint density at radius 3 is 2.41 bits per heavy atom. The second-order valence-corrected chi connectivity index (χ2v) is 6.64. The lowest BCUT2D eigenvalue weighted by Gasteiger charge is -2.46. The molecule has 4 heteroatoms. The van der Waals surface area contributed by atoms with Gasteiger partial charge in [0.1, 0.15) is 5.60 Å². The molecule has 0 amide bonds. The van der Waals surface area contributed by atoms with Crippen molar-refractivity contribution in [1.82, 2.24) is 0 Å². The number of benzene rings is 1. The number of carboxylic acids is 1. The van der Waals surface area contributed by atoms with Gasteiger partial charge in [-0.15, -0.1) is 0 Å². The third-order valence-corrected chi connectivity index (χ3v) is 4.61. The van der Waals surface area contributed by atoms with Crippen LogP contribution in [0.5, 0.6) is 0 Å². The second kappa shape index (κ2) is 5.36. The highest BCUT2D eigenvalue weighted by molar-refractivity contribution is 5.93. The van der Waals surface area contributed by atoms with Crippen molar-refractivity contribution in [2.75, 3.05) is 0 Å². The van der Waals surface area contributed by atoms with E-state index in [1.165, 1.54) is 12.1 Å². The van der Waals surface area contributed by atoms with Gasteiger partial charge in [0, 0.05) is 11.8 Å². The second-order valence-electron chi connectivity index (χ2n) is 6.64. The highest BCUT2D eigenvalue weighted by Gasteiger charge is 2.49. The largest absolute Gasteiger partial charge is 0.478 e. The molecule has 2 rings (SSSR count). The van der Waals surface area contributed by atoms with Gasteiger partial charge in [0.15, 0.2) is 5.78 Å². The van der Waals surface area contributed by atoms with Gasteiger partial charge in [-0.3, -0.25) is 4.79 Å². The fourth-order valence-corrected chi connectivity index (χ4v) is 3.34. The number of ketones is 1. The molecule has 1 aliphatic rings. The van der Waals surface area contributed by atoms with Crippen molar-refractivity contribution >= 4 is 11.8 Å². The third kappa shape index (κ3) is 2.48. The van der Waals surface area contributed by atoms with E-state index in [0.29, 0.717) is 17.6 Å². The smallest absolute Gasteiger partial charge is 0.335 e. The van der Waals surface area contributed by atoms with Crippen LogP contribution >= 0.6 is 0 Å². The van der Waals surface area contributed by atoms with Crippen molar-refractivity contribution in [3.63, 3.8) is 0 Å². The van der Waals surface area contributed by atoms with E-state index in [0.717, 1.165) is 5.56 Å². The lowest BCUT2D eigenvalue weighted by Crippen LogP contribution is -2.47. The van der Waals surface area contributed by atoms with E-state index < -0.39 is 17.0 Å². The van der Waals surface area contributed by atoms with Crippen molar-refractivity contribution in [2.24, 2.45) is 5.41 Å². The Hall–Kier alpha value is -1.94. The number of hydrogen-bond acceptors (Lipinski definition) is 3. The van der Waals surface area contributed by atoms with Crippen LogP contribution in [0, 0.1) is 5.41 Å². The van der Waals surface area contributed by atoms with Gasteiger partial charge < -0.3 is 10.2 Å². The molecule has 0 aromatic heterocycles. The Morgan fingerprint density at radius 1 is 1.27 bits per heavy atom. The Bertz CT molecular complexity index is 670. The summed E-state index contributed by atoms with van der Waals surface area (Å²) in [6, 6.07) is 4.97. The number of allylic oxidation sites excluding steroid dienone is 1. The average molecular weight is 302 g/mol. The molecule has 0 spiro atoms. The molecule has 1 atom stereocenters. The molecule has 118 valence electrons. The Morgan fingerprint density at radius 2 is 1.91 bits per heavy atom. The summed E-state index contributed by atoms with van der Waals surface area (Å²) in [5.74, 6) is -1.04. The van der Waals surface area contributed by atoms with Gasteiger partial charge in [0.25, 0.3) is 0 Å². The molecular weight excluding hydrogens is 280 g/mol. The molecule has 0 saturated heterocycles. The third-order valence-electron chi connectivity index (χ3n) is 4.61. The molecule has 0 bridgehead atoms. The van der Waals surface area contributed by atoms with Gasteiger partial charge in [-0.25, -0.2) is 4.79 Å². The van der Waals surface area contributed by atoms with Crippen LogP contribution in [-0.4, -0.2) is 22.0 Å². The summed E-state index contributed by atoms with van der Waals surface area (Å²) in [6.07, 6.45) is 2.36. The summed E-state index contributed by atoms with van der Waals surface area (Å²) in [4.78, 5) is 23.2. The molecule has 22 heavy (non-hydrogen) atoms. The topological polar surface area (TPSA) is 74.6 Å². The molecule has 2 N–H and O–H groups in total. The molecule has 1 aromatic rings. The number of aromatic carboxylic acids is 1. The van der Waals surface area contributed by atoms with Crippen molar-refractivity contribution in [3.8, 4) is 0 Å². The van der Waals surface area contributed by atoms with Crippen molar-refractivity contribution in [3.05, 3.63) is 46.5 Å². The summed E-state index contributed by atoms with van der Waals surface area (Å²) >= 11 is 0. The van der Waals surface area contributed by atoms with E-state index in [2.05, 4.69) is 0 Å². The van der Waals surface area contributed by atoms with Crippen molar-refractivity contribution in [2.45, 2.75) is 46.1 Å². The Kier molecular flexibility index (Phi) is 4.00. The summed E-state index contributed by atoms with van der Waals surface area (Å²) in [5, 5.41) is 20.7. The van der Waals surface area contributed by atoms with Crippen LogP contribution in [0.1, 0.15) is 55.6 Å². The van der Waals surface area contributed by atoms with Gasteiger partial charge in [-0.2, -0.15) is 0 Å². The maximum absolute atomic E-state index is 11.8. The zero-order valence-corrected chi connectivity index (χ0v) is 13.4. The molecule has 1 unspecified atom stereocenters. The standard InChI is InChI=1S/C18H22O4/c1-5-12-7-13(16(20)21)9-14(8-12)18(22)11(2)6-15(19)10-17(18,3)4/h6-9,22H,5,10H2,1-4H3,(H,20,21). The number of aryl methyl sites for hydroxylation is 1. The molecule has 0 radical (unpaired) electrons. The van der Waals surface area contributed by atoms with Crippen LogP contribution in [0.4, 0.5) is 0 Å². The van der Waals surface area contributed by atoms with Crippen LogP contribution in [0.2, 0.25) is 0 Å². The number of aliphatic hydroxyl groups is 1. The molecule has 1 aromatic carbocycles. The number of carboxylic acid groups (broad SMARTS) is 1. The van der Waals surface area contributed by atoms with E-state index in [4.69, 9.17) is 0 Å².